The number of hydrogen-bond acceptors (Lipinski definition) is 5. The summed E-state index contributed by atoms with van der Waals surface area (Å²) in [7, 11) is -3.40. The summed E-state index contributed by atoms with van der Waals surface area (Å²) in [6.45, 7) is 0.144. The predicted octanol–water partition coefficient (Wildman–Crippen LogP) is 4.65. The van der Waals surface area contributed by atoms with Gasteiger partial charge in [-0.3, -0.25) is 4.18 Å². The third-order valence-corrected chi connectivity index (χ3v) is 5.09. The van der Waals surface area contributed by atoms with Gasteiger partial charge in [-0.05, 0) is 36.2 Å². The van der Waals surface area contributed by atoms with E-state index in [1.807, 2.05) is 60.7 Å². The summed E-state index contributed by atoms with van der Waals surface area (Å²) in [6.07, 6.45) is 1.60. The molecule has 0 fully saturated rings. The minimum Gasteiger partial charge on any atom is -0.354 e. The lowest BCUT2D eigenvalue weighted by molar-refractivity contribution is 0.326. The molecule has 1 aromatic heterocycles. The van der Waals surface area contributed by atoms with Crippen LogP contribution in [0.3, 0.4) is 0 Å². The van der Waals surface area contributed by atoms with E-state index in [2.05, 4.69) is 17.4 Å². The number of benzene rings is 3. The Morgan fingerprint density at radius 3 is 2.00 bits per heavy atom. The van der Waals surface area contributed by atoms with E-state index in [1.165, 1.54) is 0 Å². The van der Waals surface area contributed by atoms with Crippen molar-refractivity contribution in [2.75, 3.05) is 18.2 Å². The lowest BCUT2D eigenvalue weighted by Crippen LogP contribution is -2.06. The van der Waals surface area contributed by atoms with E-state index in [-0.39, 0.29) is 6.61 Å². The van der Waals surface area contributed by atoms with Crippen molar-refractivity contribution in [1.29, 1.82) is 0 Å². The molecule has 0 radical (unpaired) electrons. The lowest BCUT2D eigenvalue weighted by atomic mass is 10.1. The van der Waals surface area contributed by atoms with Gasteiger partial charge in [0.1, 0.15) is 0 Å². The van der Waals surface area contributed by atoms with Crippen molar-refractivity contribution < 1.29 is 12.6 Å². The molecule has 0 aliphatic carbocycles. The minimum absolute atomic E-state index is 0.144. The molecule has 6 heteroatoms. The Bertz CT molecular complexity index is 1180. The Morgan fingerprint density at radius 2 is 1.43 bits per heavy atom. The smallest absolute Gasteiger partial charge is 0.264 e. The molecule has 0 atom stereocenters. The summed E-state index contributed by atoms with van der Waals surface area (Å²) in [4.78, 5) is 4.74. The summed E-state index contributed by atoms with van der Waals surface area (Å²) in [5, 5.41) is 5.65. The van der Waals surface area contributed by atoms with Gasteiger partial charge in [0, 0.05) is 16.5 Å². The van der Waals surface area contributed by atoms with Gasteiger partial charge in [-0.2, -0.15) is 8.42 Å². The third kappa shape index (κ3) is 4.13. The highest BCUT2D eigenvalue weighted by Gasteiger charge is 2.09. The van der Waals surface area contributed by atoms with Crippen LogP contribution in [0.25, 0.3) is 21.8 Å². The van der Waals surface area contributed by atoms with E-state index in [4.69, 9.17) is 9.17 Å². The Labute approximate surface area is 164 Å². The van der Waals surface area contributed by atoms with E-state index in [0.717, 1.165) is 45.0 Å². The number of aromatic nitrogens is 1. The van der Waals surface area contributed by atoms with E-state index < -0.39 is 10.1 Å². The number of hydrogen-bond donors (Lipinski definition) is 1. The molecule has 0 aliphatic heterocycles. The van der Waals surface area contributed by atoms with Crippen molar-refractivity contribution in [3.63, 3.8) is 0 Å². The Balaban J connectivity index is 1.62. The maximum Gasteiger partial charge on any atom is 0.264 e. The van der Waals surface area contributed by atoms with Crippen LogP contribution in [0.4, 0.5) is 11.4 Å². The first-order chi connectivity index (χ1) is 13.5. The van der Waals surface area contributed by atoms with Gasteiger partial charge in [0.25, 0.3) is 10.1 Å². The number of para-hydroxylation sites is 2. The molecule has 5 nitrogen and oxygen atoms in total. The lowest BCUT2D eigenvalue weighted by Gasteiger charge is -2.13. The molecule has 3 aromatic carbocycles. The fourth-order valence-electron chi connectivity index (χ4n) is 3.18. The molecule has 0 unspecified atom stereocenters. The van der Waals surface area contributed by atoms with Crippen molar-refractivity contribution in [2.24, 2.45) is 0 Å². The number of anilines is 2. The summed E-state index contributed by atoms with van der Waals surface area (Å²) in [5.41, 5.74) is 4.87. The molecule has 0 bridgehead atoms. The highest BCUT2D eigenvalue weighted by Crippen LogP contribution is 2.32. The van der Waals surface area contributed by atoms with Crippen LogP contribution >= 0.6 is 0 Å². The zero-order chi connectivity index (χ0) is 19.6. The second kappa shape index (κ2) is 7.58. The summed E-state index contributed by atoms with van der Waals surface area (Å²) in [6, 6.07) is 24.1. The molecule has 142 valence electrons. The van der Waals surface area contributed by atoms with Crippen molar-refractivity contribution in [3.05, 3.63) is 78.4 Å². The minimum atomic E-state index is -3.40. The van der Waals surface area contributed by atoms with Gasteiger partial charge in [0.15, 0.2) is 0 Å². The number of rotatable bonds is 6. The average molecular weight is 392 g/mol. The van der Waals surface area contributed by atoms with Gasteiger partial charge in [-0.1, -0.05) is 48.5 Å². The highest BCUT2D eigenvalue weighted by molar-refractivity contribution is 7.85. The number of nitrogens with zero attached hydrogens (tertiary/aromatic N) is 1. The molecule has 1 N–H and O–H groups in total. The van der Waals surface area contributed by atoms with E-state index in [0.29, 0.717) is 6.42 Å². The monoisotopic (exact) mass is 392 g/mol. The summed E-state index contributed by atoms with van der Waals surface area (Å²) in [5.74, 6) is 0. The van der Waals surface area contributed by atoms with Crippen LogP contribution in [0.15, 0.2) is 72.8 Å². The summed E-state index contributed by atoms with van der Waals surface area (Å²) < 4.78 is 26.9. The number of nitrogens with one attached hydrogen (secondary N) is 1. The molecule has 0 spiro atoms. The maximum atomic E-state index is 11.1. The van der Waals surface area contributed by atoms with Crippen LogP contribution in [-0.2, 0) is 20.7 Å². The average Bonchev–Trinajstić information content (AvgIpc) is 2.68. The molecular formula is C22H20N2O3S. The Hall–Kier alpha value is -2.96. The standard InChI is InChI=1S/C22H20N2O3S/c1-28(25,26)27-15-14-16-10-12-17(13-11-16)23-22-18-6-2-4-8-20(18)24-21-9-5-3-7-19(21)22/h2-13H,14-15H2,1H3,(H,23,24). The molecule has 0 amide bonds. The first-order valence-electron chi connectivity index (χ1n) is 8.97. The van der Waals surface area contributed by atoms with E-state index in [1.54, 1.807) is 0 Å². The Morgan fingerprint density at radius 1 is 0.857 bits per heavy atom. The normalized spacial score (nSPS) is 11.8. The van der Waals surface area contributed by atoms with Crippen molar-refractivity contribution >= 4 is 43.3 Å². The van der Waals surface area contributed by atoms with Crippen LogP contribution < -0.4 is 5.32 Å². The van der Waals surface area contributed by atoms with Crippen molar-refractivity contribution in [3.8, 4) is 0 Å². The van der Waals surface area contributed by atoms with Gasteiger partial charge in [0.2, 0.25) is 0 Å². The second-order valence-corrected chi connectivity index (χ2v) is 8.26. The zero-order valence-electron chi connectivity index (χ0n) is 15.4. The molecular weight excluding hydrogens is 372 g/mol. The largest absolute Gasteiger partial charge is 0.354 e. The van der Waals surface area contributed by atoms with Gasteiger partial charge >= 0.3 is 0 Å². The third-order valence-electron chi connectivity index (χ3n) is 4.50. The van der Waals surface area contributed by atoms with Crippen LogP contribution in [0.5, 0.6) is 0 Å². The topological polar surface area (TPSA) is 68.3 Å². The first kappa shape index (κ1) is 18.4. The van der Waals surface area contributed by atoms with Crippen LogP contribution in [-0.4, -0.2) is 26.3 Å². The predicted molar refractivity (Wildman–Crippen MR) is 113 cm³/mol. The van der Waals surface area contributed by atoms with Gasteiger partial charge < -0.3 is 5.32 Å². The molecule has 0 saturated heterocycles. The van der Waals surface area contributed by atoms with Gasteiger partial charge in [-0.15, -0.1) is 0 Å². The van der Waals surface area contributed by atoms with Crippen LogP contribution in [0, 0.1) is 0 Å². The Kier molecular flexibility index (Phi) is 4.98. The SMILES string of the molecule is CS(=O)(=O)OCCc1ccc(Nc2c3ccccc3nc3ccccc23)cc1. The van der Waals surface area contributed by atoms with Crippen molar-refractivity contribution in [2.45, 2.75) is 6.42 Å². The second-order valence-electron chi connectivity index (χ2n) is 6.62. The molecule has 0 saturated carbocycles. The van der Waals surface area contributed by atoms with Gasteiger partial charge in [-0.25, -0.2) is 4.98 Å². The number of fused-ring (bicyclic) bond motifs is 2. The van der Waals surface area contributed by atoms with Crippen molar-refractivity contribution in [1.82, 2.24) is 4.98 Å². The molecule has 28 heavy (non-hydrogen) atoms. The van der Waals surface area contributed by atoms with Gasteiger partial charge in [0.05, 0.1) is 29.6 Å². The molecule has 1 heterocycles. The molecule has 4 rings (SSSR count). The van der Waals surface area contributed by atoms with E-state index in [9.17, 15) is 8.42 Å². The van der Waals surface area contributed by atoms with Crippen LogP contribution in [0.1, 0.15) is 5.56 Å². The fourth-order valence-corrected chi connectivity index (χ4v) is 3.57. The summed E-state index contributed by atoms with van der Waals surface area (Å²) >= 11 is 0. The fraction of sp³-hybridized carbons (Fsp3) is 0.136. The molecule has 0 aliphatic rings. The maximum absolute atomic E-state index is 11.1. The van der Waals surface area contributed by atoms with Crippen LogP contribution in [0.2, 0.25) is 0 Å². The molecule has 4 aromatic rings. The number of pyridine rings is 1. The van der Waals surface area contributed by atoms with E-state index >= 15 is 0 Å². The zero-order valence-corrected chi connectivity index (χ0v) is 16.2. The first-order valence-corrected chi connectivity index (χ1v) is 10.8. The highest BCUT2D eigenvalue weighted by atomic mass is 32.2. The quantitative estimate of drug-likeness (QED) is 0.382.